The average molecular weight is 255 g/mol. The Morgan fingerprint density at radius 2 is 1.84 bits per heavy atom. The van der Waals surface area contributed by atoms with Crippen LogP contribution < -0.4 is 5.73 Å². The number of nitrogens with zero attached hydrogens (tertiary/aromatic N) is 2. The highest BCUT2D eigenvalue weighted by Gasteiger charge is 2.30. The molecule has 0 spiro atoms. The molecule has 3 rings (SSSR count). The molecule has 1 aliphatic carbocycles. The number of benzene rings is 1. The van der Waals surface area contributed by atoms with Crippen molar-refractivity contribution < 1.29 is 0 Å². The van der Waals surface area contributed by atoms with Crippen molar-refractivity contribution in [3.05, 3.63) is 35.2 Å². The average Bonchev–Trinajstić information content (AvgIpc) is 3.12. The molecule has 1 aromatic heterocycles. The summed E-state index contributed by atoms with van der Waals surface area (Å²) in [5.74, 6) is 2.62. The smallest absolute Gasteiger partial charge is 0.131 e. The van der Waals surface area contributed by atoms with Gasteiger partial charge in [0.2, 0.25) is 0 Å². The molecule has 0 unspecified atom stereocenters. The van der Waals surface area contributed by atoms with Crippen LogP contribution in [-0.4, -0.2) is 9.55 Å². The summed E-state index contributed by atoms with van der Waals surface area (Å²) in [5.41, 5.74) is 10.9. The monoisotopic (exact) mass is 255 g/mol. The lowest BCUT2D eigenvalue weighted by molar-refractivity contribution is 0.708. The number of hydrogen-bond acceptors (Lipinski definition) is 2. The SMILES string of the molecule is CCn1c(C2CC2)nc(-c2cc(C)cc(C)c2)c1N. The zero-order valence-corrected chi connectivity index (χ0v) is 11.9. The quantitative estimate of drug-likeness (QED) is 0.909. The van der Waals surface area contributed by atoms with Crippen LogP contribution in [0.3, 0.4) is 0 Å². The van der Waals surface area contributed by atoms with E-state index in [9.17, 15) is 0 Å². The molecule has 0 atom stereocenters. The fraction of sp³-hybridized carbons (Fsp3) is 0.438. The van der Waals surface area contributed by atoms with E-state index in [-0.39, 0.29) is 0 Å². The van der Waals surface area contributed by atoms with E-state index in [2.05, 4.69) is 43.5 Å². The minimum absolute atomic E-state index is 0.627. The first kappa shape index (κ1) is 12.3. The Bertz CT molecular complexity index is 601. The minimum Gasteiger partial charge on any atom is -0.383 e. The molecule has 1 aliphatic rings. The van der Waals surface area contributed by atoms with Crippen LogP contribution >= 0.6 is 0 Å². The first-order valence-electron chi connectivity index (χ1n) is 7.04. The lowest BCUT2D eigenvalue weighted by Crippen LogP contribution is -2.04. The Morgan fingerprint density at radius 3 is 2.37 bits per heavy atom. The van der Waals surface area contributed by atoms with E-state index in [1.165, 1.54) is 29.8 Å². The summed E-state index contributed by atoms with van der Waals surface area (Å²) in [6, 6.07) is 6.52. The number of nitrogen functional groups attached to an aromatic ring is 1. The second-order valence-corrected chi connectivity index (χ2v) is 5.60. The van der Waals surface area contributed by atoms with Crippen LogP contribution in [0.5, 0.6) is 0 Å². The standard InChI is InChI=1S/C16H21N3/c1-4-19-15(17)14(18-16(19)12-5-6-12)13-8-10(2)7-11(3)9-13/h7-9,12H,4-6,17H2,1-3H3. The molecule has 1 aromatic carbocycles. The summed E-state index contributed by atoms with van der Waals surface area (Å²) in [7, 11) is 0. The third kappa shape index (κ3) is 2.14. The molecule has 3 nitrogen and oxygen atoms in total. The largest absolute Gasteiger partial charge is 0.383 e. The van der Waals surface area contributed by atoms with Gasteiger partial charge in [0.1, 0.15) is 17.3 Å². The number of imidazole rings is 1. The summed E-state index contributed by atoms with van der Waals surface area (Å²) < 4.78 is 2.17. The van der Waals surface area contributed by atoms with Crippen LogP contribution in [0.25, 0.3) is 11.3 Å². The molecule has 0 saturated heterocycles. The Morgan fingerprint density at radius 1 is 1.21 bits per heavy atom. The Hall–Kier alpha value is -1.77. The van der Waals surface area contributed by atoms with Crippen LogP contribution in [0.15, 0.2) is 18.2 Å². The summed E-state index contributed by atoms with van der Waals surface area (Å²) in [4.78, 5) is 4.83. The van der Waals surface area contributed by atoms with Crippen molar-refractivity contribution in [2.75, 3.05) is 5.73 Å². The molecule has 0 aliphatic heterocycles. The molecule has 19 heavy (non-hydrogen) atoms. The highest BCUT2D eigenvalue weighted by atomic mass is 15.1. The third-order valence-corrected chi connectivity index (χ3v) is 3.79. The molecule has 0 radical (unpaired) electrons. The molecule has 0 bridgehead atoms. The Labute approximate surface area is 114 Å². The van der Waals surface area contributed by atoms with Gasteiger partial charge in [0.25, 0.3) is 0 Å². The first-order chi connectivity index (χ1) is 9.10. The summed E-state index contributed by atoms with van der Waals surface area (Å²) in [6.07, 6.45) is 2.51. The van der Waals surface area contributed by atoms with E-state index >= 15 is 0 Å². The molecule has 3 heteroatoms. The third-order valence-electron chi connectivity index (χ3n) is 3.79. The van der Waals surface area contributed by atoms with Crippen molar-refractivity contribution in [3.8, 4) is 11.3 Å². The van der Waals surface area contributed by atoms with Gasteiger partial charge in [0.15, 0.2) is 0 Å². The lowest BCUT2D eigenvalue weighted by Gasteiger charge is -2.06. The predicted octanol–water partition coefficient (Wildman–Crippen LogP) is 3.65. The molecular weight excluding hydrogens is 234 g/mol. The topological polar surface area (TPSA) is 43.8 Å². The van der Waals surface area contributed by atoms with Gasteiger partial charge < -0.3 is 10.3 Å². The van der Waals surface area contributed by atoms with Crippen LogP contribution in [0.4, 0.5) is 5.82 Å². The van der Waals surface area contributed by atoms with Crippen LogP contribution in [0.1, 0.15) is 42.6 Å². The zero-order valence-electron chi connectivity index (χ0n) is 11.9. The Balaban J connectivity index is 2.14. The molecule has 2 N–H and O–H groups in total. The fourth-order valence-corrected chi connectivity index (χ4v) is 2.79. The normalized spacial score (nSPS) is 14.9. The fourth-order valence-electron chi connectivity index (χ4n) is 2.79. The van der Waals surface area contributed by atoms with E-state index in [1.807, 2.05) is 0 Å². The summed E-state index contributed by atoms with van der Waals surface area (Å²) in [5, 5.41) is 0. The van der Waals surface area contributed by atoms with Gasteiger partial charge in [0, 0.05) is 18.0 Å². The first-order valence-corrected chi connectivity index (χ1v) is 7.04. The maximum Gasteiger partial charge on any atom is 0.131 e. The highest BCUT2D eigenvalue weighted by Crippen LogP contribution is 2.42. The van der Waals surface area contributed by atoms with Crippen molar-refractivity contribution in [1.29, 1.82) is 0 Å². The number of rotatable bonds is 3. The maximum absolute atomic E-state index is 6.31. The van der Waals surface area contributed by atoms with Crippen molar-refractivity contribution in [2.24, 2.45) is 0 Å². The van der Waals surface area contributed by atoms with Gasteiger partial charge in [-0.1, -0.05) is 17.2 Å². The second kappa shape index (κ2) is 4.41. The van der Waals surface area contributed by atoms with Gasteiger partial charge in [-0.3, -0.25) is 0 Å². The van der Waals surface area contributed by atoms with E-state index in [1.54, 1.807) is 0 Å². The summed E-state index contributed by atoms with van der Waals surface area (Å²) in [6.45, 7) is 7.27. The Kier molecular flexibility index (Phi) is 2.85. The highest BCUT2D eigenvalue weighted by molar-refractivity contribution is 5.72. The number of anilines is 1. The molecular formula is C16H21N3. The zero-order chi connectivity index (χ0) is 13.6. The van der Waals surface area contributed by atoms with Gasteiger partial charge in [-0.05, 0) is 45.7 Å². The van der Waals surface area contributed by atoms with Gasteiger partial charge >= 0.3 is 0 Å². The number of aryl methyl sites for hydroxylation is 2. The van der Waals surface area contributed by atoms with Gasteiger partial charge in [-0.2, -0.15) is 0 Å². The molecule has 1 heterocycles. The number of nitrogens with two attached hydrogens (primary N) is 1. The van der Waals surface area contributed by atoms with E-state index < -0.39 is 0 Å². The van der Waals surface area contributed by atoms with E-state index in [0.29, 0.717) is 5.92 Å². The molecule has 0 amide bonds. The molecule has 1 saturated carbocycles. The number of aromatic nitrogens is 2. The molecule has 2 aromatic rings. The lowest BCUT2D eigenvalue weighted by atomic mass is 10.1. The van der Waals surface area contributed by atoms with Crippen molar-refractivity contribution in [2.45, 2.75) is 46.1 Å². The van der Waals surface area contributed by atoms with Crippen molar-refractivity contribution >= 4 is 5.82 Å². The predicted molar refractivity (Wildman–Crippen MR) is 79.2 cm³/mol. The van der Waals surface area contributed by atoms with Crippen LogP contribution in [0.2, 0.25) is 0 Å². The van der Waals surface area contributed by atoms with Crippen LogP contribution in [0, 0.1) is 13.8 Å². The van der Waals surface area contributed by atoms with Crippen molar-refractivity contribution in [1.82, 2.24) is 9.55 Å². The summed E-state index contributed by atoms with van der Waals surface area (Å²) >= 11 is 0. The number of hydrogen-bond donors (Lipinski definition) is 1. The van der Waals surface area contributed by atoms with Crippen LogP contribution in [-0.2, 0) is 6.54 Å². The van der Waals surface area contributed by atoms with Gasteiger partial charge in [-0.15, -0.1) is 0 Å². The van der Waals surface area contributed by atoms with Crippen molar-refractivity contribution in [3.63, 3.8) is 0 Å². The maximum atomic E-state index is 6.31. The minimum atomic E-state index is 0.627. The van der Waals surface area contributed by atoms with E-state index in [4.69, 9.17) is 10.7 Å². The molecule has 100 valence electrons. The second-order valence-electron chi connectivity index (χ2n) is 5.60. The van der Waals surface area contributed by atoms with E-state index in [0.717, 1.165) is 23.6 Å². The van der Waals surface area contributed by atoms with Gasteiger partial charge in [-0.25, -0.2) is 4.98 Å². The van der Waals surface area contributed by atoms with Gasteiger partial charge in [0.05, 0.1) is 0 Å². The molecule has 1 fully saturated rings.